The zero-order valence-electron chi connectivity index (χ0n) is 9.49. The summed E-state index contributed by atoms with van der Waals surface area (Å²) in [4.78, 5) is 0. The van der Waals surface area contributed by atoms with E-state index >= 15 is 0 Å². The Morgan fingerprint density at radius 1 is 1.53 bits per heavy atom. The predicted molar refractivity (Wildman–Crippen MR) is 58.6 cm³/mol. The fourth-order valence-electron chi connectivity index (χ4n) is 1.98. The third-order valence-corrected chi connectivity index (χ3v) is 2.89. The molecule has 4 heteroatoms. The summed E-state index contributed by atoms with van der Waals surface area (Å²) in [7, 11) is 1.99. The molecule has 0 amide bonds. The second-order valence-electron chi connectivity index (χ2n) is 4.17. The average molecular weight is 209 g/mol. The maximum Gasteiger partial charge on any atom is 0.0597 e. The first-order chi connectivity index (χ1) is 7.25. The highest BCUT2D eigenvalue weighted by Crippen LogP contribution is 2.08. The van der Waals surface area contributed by atoms with Crippen LogP contribution in [0.1, 0.15) is 24.2 Å². The number of nitrogens with one attached hydrogen (secondary N) is 1. The molecule has 4 nitrogen and oxygen atoms in total. The first-order valence-electron chi connectivity index (χ1n) is 5.56. The molecule has 1 aliphatic rings. The van der Waals surface area contributed by atoms with Crippen LogP contribution in [0, 0.1) is 6.92 Å². The molecule has 0 saturated carbocycles. The molecule has 0 aliphatic carbocycles. The number of aryl methyl sites for hydroxylation is 2. The van der Waals surface area contributed by atoms with E-state index < -0.39 is 0 Å². The summed E-state index contributed by atoms with van der Waals surface area (Å²) in [6, 6.07) is 2.74. The molecule has 1 aliphatic heterocycles. The van der Waals surface area contributed by atoms with Gasteiger partial charge in [-0.2, -0.15) is 5.10 Å². The molecule has 2 heterocycles. The third kappa shape index (κ3) is 2.79. The van der Waals surface area contributed by atoms with E-state index in [0.717, 1.165) is 38.3 Å². The van der Waals surface area contributed by atoms with Crippen molar-refractivity contribution in [3.05, 3.63) is 17.5 Å². The summed E-state index contributed by atoms with van der Waals surface area (Å²) < 4.78 is 7.27. The molecule has 1 N–H and O–H groups in total. The van der Waals surface area contributed by atoms with Crippen LogP contribution in [0.5, 0.6) is 0 Å². The molecular formula is C11H19N3O. The normalized spacial score (nSPS) is 18.3. The summed E-state index contributed by atoms with van der Waals surface area (Å²) in [5.74, 6) is 0. The van der Waals surface area contributed by atoms with E-state index in [-0.39, 0.29) is 0 Å². The van der Waals surface area contributed by atoms with Gasteiger partial charge in [0.15, 0.2) is 0 Å². The van der Waals surface area contributed by atoms with Crippen molar-refractivity contribution in [3.8, 4) is 0 Å². The quantitative estimate of drug-likeness (QED) is 0.807. The van der Waals surface area contributed by atoms with Gasteiger partial charge in [0.1, 0.15) is 0 Å². The fourth-order valence-corrected chi connectivity index (χ4v) is 1.98. The van der Waals surface area contributed by atoms with E-state index in [2.05, 4.69) is 16.5 Å². The molecule has 0 atom stereocenters. The van der Waals surface area contributed by atoms with Crippen LogP contribution < -0.4 is 5.32 Å². The Morgan fingerprint density at radius 2 is 2.27 bits per heavy atom. The lowest BCUT2D eigenvalue weighted by Crippen LogP contribution is -2.34. The highest BCUT2D eigenvalue weighted by Gasteiger charge is 2.13. The number of aromatic nitrogens is 2. The van der Waals surface area contributed by atoms with Crippen LogP contribution in [0.15, 0.2) is 6.07 Å². The number of nitrogens with zero attached hydrogens (tertiary/aromatic N) is 2. The zero-order chi connectivity index (χ0) is 10.7. The Balaban J connectivity index is 1.84. The van der Waals surface area contributed by atoms with Crippen molar-refractivity contribution in [2.75, 3.05) is 13.2 Å². The predicted octanol–water partition coefficient (Wildman–Crippen LogP) is 0.997. The van der Waals surface area contributed by atoms with Gasteiger partial charge < -0.3 is 10.1 Å². The molecule has 0 unspecified atom stereocenters. The number of rotatable bonds is 3. The molecule has 1 aromatic rings. The Morgan fingerprint density at radius 3 is 2.87 bits per heavy atom. The Labute approximate surface area is 90.6 Å². The number of hydrogen-bond acceptors (Lipinski definition) is 3. The van der Waals surface area contributed by atoms with Gasteiger partial charge in [0, 0.05) is 32.8 Å². The van der Waals surface area contributed by atoms with Crippen LogP contribution in [-0.2, 0) is 18.3 Å². The summed E-state index contributed by atoms with van der Waals surface area (Å²) >= 11 is 0. The minimum absolute atomic E-state index is 0.606. The van der Waals surface area contributed by atoms with Gasteiger partial charge in [-0.05, 0) is 25.8 Å². The van der Waals surface area contributed by atoms with Crippen molar-refractivity contribution >= 4 is 0 Å². The second-order valence-corrected chi connectivity index (χ2v) is 4.17. The Bertz CT molecular complexity index is 316. The molecule has 1 saturated heterocycles. The van der Waals surface area contributed by atoms with Gasteiger partial charge in [-0.1, -0.05) is 0 Å². The third-order valence-electron chi connectivity index (χ3n) is 2.89. The van der Waals surface area contributed by atoms with E-state index in [1.807, 2.05) is 18.7 Å². The SMILES string of the molecule is Cc1cc(CNC2CCOCC2)n(C)n1. The molecule has 1 fully saturated rings. The summed E-state index contributed by atoms with van der Waals surface area (Å²) in [5, 5.41) is 7.88. The van der Waals surface area contributed by atoms with E-state index in [9.17, 15) is 0 Å². The zero-order valence-corrected chi connectivity index (χ0v) is 9.49. The smallest absolute Gasteiger partial charge is 0.0597 e. The molecule has 84 valence electrons. The molecule has 0 radical (unpaired) electrons. The average Bonchev–Trinajstić information content (AvgIpc) is 2.56. The molecule has 0 aromatic carbocycles. The minimum Gasteiger partial charge on any atom is -0.381 e. The van der Waals surface area contributed by atoms with Crippen LogP contribution in [0.4, 0.5) is 0 Å². The molecular weight excluding hydrogens is 190 g/mol. The molecule has 15 heavy (non-hydrogen) atoms. The summed E-state index contributed by atoms with van der Waals surface area (Å²) in [6.45, 7) is 4.71. The molecule has 1 aromatic heterocycles. The largest absolute Gasteiger partial charge is 0.381 e. The van der Waals surface area contributed by atoms with Gasteiger partial charge in [-0.15, -0.1) is 0 Å². The van der Waals surface area contributed by atoms with Crippen molar-refractivity contribution in [2.24, 2.45) is 7.05 Å². The second kappa shape index (κ2) is 4.77. The van der Waals surface area contributed by atoms with Crippen molar-refractivity contribution in [1.29, 1.82) is 0 Å². The lowest BCUT2D eigenvalue weighted by molar-refractivity contribution is 0.0774. The van der Waals surface area contributed by atoms with Crippen LogP contribution in [0.2, 0.25) is 0 Å². The monoisotopic (exact) mass is 209 g/mol. The molecule has 2 rings (SSSR count). The number of ether oxygens (including phenoxy) is 1. The standard InChI is InChI=1S/C11H19N3O/c1-9-7-11(14(2)13-9)8-12-10-3-5-15-6-4-10/h7,10,12H,3-6,8H2,1-2H3. The number of hydrogen-bond donors (Lipinski definition) is 1. The fraction of sp³-hybridized carbons (Fsp3) is 0.727. The van der Waals surface area contributed by atoms with Crippen LogP contribution in [0.3, 0.4) is 0 Å². The summed E-state index contributed by atoms with van der Waals surface area (Å²) in [6.07, 6.45) is 2.24. The topological polar surface area (TPSA) is 39.1 Å². The molecule has 0 bridgehead atoms. The van der Waals surface area contributed by atoms with E-state index in [1.165, 1.54) is 5.69 Å². The first kappa shape index (κ1) is 10.6. The van der Waals surface area contributed by atoms with Crippen molar-refractivity contribution in [3.63, 3.8) is 0 Å². The van der Waals surface area contributed by atoms with Crippen molar-refractivity contribution < 1.29 is 4.74 Å². The lowest BCUT2D eigenvalue weighted by Gasteiger charge is -2.23. The van der Waals surface area contributed by atoms with E-state index in [1.54, 1.807) is 0 Å². The van der Waals surface area contributed by atoms with Gasteiger partial charge in [-0.25, -0.2) is 0 Å². The van der Waals surface area contributed by atoms with Gasteiger partial charge in [0.05, 0.1) is 11.4 Å². The van der Waals surface area contributed by atoms with Crippen LogP contribution in [-0.4, -0.2) is 29.0 Å². The maximum atomic E-state index is 5.32. The lowest BCUT2D eigenvalue weighted by atomic mass is 10.1. The van der Waals surface area contributed by atoms with Crippen LogP contribution in [0.25, 0.3) is 0 Å². The van der Waals surface area contributed by atoms with E-state index in [4.69, 9.17) is 4.74 Å². The highest BCUT2D eigenvalue weighted by molar-refractivity contribution is 5.08. The van der Waals surface area contributed by atoms with Gasteiger partial charge in [0.25, 0.3) is 0 Å². The highest BCUT2D eigenvalue weighted by atomic mass is 16.5. The van der Waals surface area contributed by atoms with Crippen molar-refractivity contribution in [1.82, 2.24) is 15.1 Å². The first-order valence-corrected chi connectivity index (χ1v) is 5.56. The Hall–Kier alpha value is -0.870. The van der Waals surface area contributed by atoms with Crippen LogP contribution >= 0.6 is 0 Å². The Kier molecular flexibility index (Phi) is 3.38. The van der Waals surface area contributed by atoms with Crippen molar-refractivity contribution in [2.45, 2.75) is 32.4 Å². The van der Waals surface area contributed by atoms with Gasteiger partial charge in [-0.3, -0.25) is 4.68 Å². The minimum atomic E-state index is 0.606. The van der Waals surface area contributed by atoms with Gasteiger partial charge >= 0.3 is 0 Å². The van der Waals surface area contributed by atoms with E-state index in [0.29, 0.717) is 6.04 Å². The van der Waals surface area contributed by atoms with Gasteiger partial charge in [0.2, 0.25) is 0 Å². The summed E-state index contributed by atoms with van der Waals surface area (Å²) in [5.41, 5.74) is 2.33. The molecule has 0 spiro atoms. The maximum absolute atomic E-state index is 5.32.